The van der Waals surface area contributed by atoms with E-state index in [1.54, 1.807) is 37.1 Å². The molecule has 3 heterocycles. The number of ether oxygens (including phenoxy) is 2. The smallest absolute Gasteiger partial charge is 0.263 e. The lowest BCUT2D eigenvalue weighted by Crippen LogP contribution is -2.36. The molecule has 4 atom stereocenters. The quantitative estimate of drug-likeness (QED) is 0.346. The molecule has 0 N–H and O–H groups in total. The Morgan fingerprint density at radius 1 is 0.919 bits per heavy atom. The SMILES string of the molecule is COc1ccc(CCn2c(CCN3C(=O)C4C5C=CC(C5)C4C3=O)nc3ncccc3c2=O)cc1OC. The molecule has 1 aliphatic heterocycles. The summed E-state index contributed by atoms with van der Waals surface area (Å²) in [6.07, 6.45) is 7.51. The van der Waals surface area contributed by atoms with E-state index in [4.69, 9.17) is 9.47 Å². The minimum atomic E-state index is -0.235. The van der Waals surface area contributed by atoms with Gasteiger partial charge in [0, 0.05) is 25.7 Å². The number of rotatable bonds is 8. The van der Waals surface area contributed by atoms with Gasteiger partial charge in [-0.15, -0.1) is 0 Å². The van der Waals surface area contributed by atoms with E-state index in [9.17, 15) is 14.4 Å². The summed E-state index contributed by atoms with van der Waals surface area (Å²) < 4.78 is 12.4. The zero-order chi connectivity index (χ0) is 25.7. The Labute approximate surface area is 213 Å². The van der Waals surface area contributed by atoms with Crippen molar-refractivity contribution < 1.29 is 19.1 Å². The fourth-order valence-corrected chi connectivity index (χ4v) is 6.19. The summed E-state index contributed by atoms with van der Waals surface area (Å²) in [6, 6.07) is 9.09. The fraction of sp³-hybridized carbons (Fsp3) is 0.393. The van der Waals surface area contributed by atoms with E-state index < -0.39 is 0 Å². The zero-order valence-electron chi connectivity index (χ0n) is 20.8. The van der Waals surface area contributed by atoms with Gasteiger partial charge in [-0.25, -0.2) is 9.97 Å². The van der Waals surface area contributed by atoms with Crippen LogP contribution in [0.1, 0.15) is 17.8 Å². The lowest BCUT2D eigenvalue weighted by Gasteiger charge is -2.19. The first-order chi connectivity index (χ1) is 18.0. The van der Waals surface area contributed by atoms with E-state index in [-0.39, 0.29) is 54.0 Å². The average Bonchev–Trinajstić information content (AvgIpc) is 3.61. The number of imide groups is 1. The number of carbonyl (C=O) groups excluding carboxylic acids is 2. The van der Waals surface area contributed by atoms with Crippen LogP contribution in [-0.2, 0) is 29.0 Å². The Morgan fingerprint density at radius 2 is 1.65 bits per heavy atom. The monoisotopic (exact) mass is 500 g/mol. The molecule has 9 nitrogen and oxygen atoms in total. The number of amides is 2. The maximum absolute atomic E-state index is 13.5. The standard InChI is InChI=1S/C28H28N4O5/c1-36-20-8-5-16(14-21(20)37-2)9-12-31-22(30-25-19(26(31)33)4-3-11-29-25)10-13-32-27(34)23-17-6-7-18(15-17)24(23)28(32)35/h3-8,11,14,17-18,23-24H,9-10,12-13,15H2,1-2H3. The summed E-state index contributed by atoms with van der Waals surface area (Å²) in [5.74, 6) is 1.44. The van der Waals surface area contributed by atoms with E-state index in [1.807, 2.05) is 18.2 Å². The van der Waals surface area contributed by atoms with Gasteiger partial charge in [-0.05, 0) is 54.5 Å². The van der Waals surface area contributed by atoms with Crippen LogP contribution < -0.4 is 15.0 Å². The van der Waals surface area contributed by atoms with Crippen molar-refractivity contribution in [2.24, 2.45) is 23.7 Å². The molecule has 0 radical (unpaired) electrons. The molecule has 3 aromatic rings. The van der Waals surface area contributed by atoms with Gasteiger partial charge in [0.15, 0.2) is 17.1 Å². The van der Waals surface area contributed by atoms with E-state index in [0.29, 0.717) is 41.3 Å². The van der Waals surface area contributed by atoms with Crippen molar-refractivity contribution in [2.45, 2.75) is 25.8 Å². The van der Waals surface area contributed by atoms with Crippen LogP contribution in [0.2, 0.25) is 0 Å². The van der Waals surface area contributed by atoms with Crippen molar-refractivity contribution in [3.8, 4) is 11.5 Å². The van der Waals surface area contributed by atoms with Gasteiger partial charge in [0.1, 0.15) is 5.82 Å². The van der Waals surface area contributed by atoms with Crippen LogP contribution in [0.25, 0.3) is 11.0 Å². The first-order valence-electron chi connectivity index (χ1n) is 12.6. The van der Waals surface area contributed by atoms with Crippen molar-refractivity contribution in [2.75, 3.05) is 20.8 Å². The summed E-state index contributed by atoms with van der Waals surface area (Å²) in [6.45, 7) is 0.577. The summed E-state index contributed by atoms with van der Waals surface area (Å²) in [5, 5.41) is 0.434. The minimum absolute atomic E-state index is 0.0926. The molecule has 190 valence electrons. The molecule has 4 unspecified atom stereocenters. The third kappa shape index (κ3) is 3.80. The molecule has 2 amide bonds. The number of aryl methyl sites for hydroxylation is 1. The number of pyridine rings is 1. The number of likely N-dealkylation sites (tertiary alicyclic amines) is 1. The fourth-order valence-electron chi connectivity index (χ4n) is 6.19. The van der Waals surface area contributed by atoms with Crippen LogP contribution in [0.15, 0.2) is 53.5 Å². The predicted molar refractivity (Wildman–Crippen MR) is 135 cm³/mol. The molecule has 2 bridgehead atoms. The van der Waals surface area contributed by atoms with E-state index >= 15 is 0 Å². The van der Waals surface area contributed by atoms with Crippen molar-refractivity contribution in [1.29, 1.82) is 0 Å². The van der Waals surface area contributed by atoms with Crippen molar-refractivity contribution in [3.05, 3.63) is 70.4 Å². The lowest BCUT2D eigenvalue weighted by atomic mass is 9.85. The minimum Gasteiger partial charge on any atom is -0.493 e. The highest BCUT2D eigenvalue weighted by atomic mass is 16.5. The van der Waals surface area contributed by atoms with Gasteiger partial charge in [0.2, 0.25) is 11.8 Å². The van der Waals surface area contributed by atoms with Gasteiger partial charge in [-0.2, -0.15) is 0 Å². The summed E-state index contributed by atoms with van der Waals surface area (Å²) in [4.78, 5) is 50.1. The van der Waals surface area contributed by atoms with Gasteiger partial charge in [-0.1, -0.05) is 18.2 Å². The first-order valence-corrected chi connectivity index (χ1v) is 12.6. The van der Waals surface area contributed by atoms with Crippen molar-refractivity contribution in [3.63, 3.8) is 0 Å². The van der Waals surface area contributed by atoms with Gasteiger partial charge in [-0.3, -0.25) is 23.9 Å². The van der Waals surface area contributed by atoms with Crippen LogP contribution in [-0.4, -0.2) is 52.0 Å². The number of hydrogen-bond donors (Lipinski definition) is 0. The summed E-state index contributed by atoms with van der Waals surface area (Å²) in [5.41, 5.74) is 1.15. The number of allylic oxidation sites excluding steroid dienone is 2. The van der Waals surface area contributed by atoms with Crippen LogP contribution in [0, 0.1) is 23.7 Å². The topological polar surface area (TPSA) is 104 Å². The third-order valence-electron chi connectivity index (χ3n) is 8.00. The molecule has 1 aromatic carbocycles. The Hall–Kier alpha value is -4.01. The van der Waals surface area contributed by atoms with E-state index in [0.717, 1.165) is 12.0 Å². The molecule has 2 aliphatic carbocycles. The molecule has 1 saturated carbocycles. The Morgan fingerprint density at radius 3 is 2.35 bits per heavy atom. The van der Waals surface area contributed by atoms with Gasteiger partial charge in [0.05, 0.1) is 31.4 Å². The van der Waals surface area contributed by atoms with E-state index in [1.165, 1.54) is 4.90 Å². The van der Waals surface area contributed by atoms with Crippen LogP contribution in [0.5, 0.6) is 11.5 Å². The molecule has 37 heavy (non-hydrogen) atoms. The second-order valence-corrected chi connectivity index (χ2v) is 9.88. The molecule has 9 heteroatoms. The number of nitrogens with zero attached hydrogens (tertiary/aromatic N) is 4. The Balaban J connectivity index is 1.27. The van der Waals surface area contributed by atoms with Crippen LogP contribution >= 0.6 is 0 Å². The molecular formula is C28H28N4O5. The van der Waals surface area contributed by atoms with Crippen molar-refractivity contribution in [1.82, 2.24) is 19.4 Å². The first kappa shape index (κ1) is 23.4. The Kier molecular flexibility index (Phi) is 5.78. The number of fused-ring (bicyclic) bond motifs is 6. The summed E-state index contributed by atoms with van der Waals surface area (Å²) >= 11 is 0. The van der Waals surface area contributed by atoms with Gasteiger partial charge in [0.25, 0.3) is 5.56 Å². The highest BCUT2D eigenvalue weighted by molar-refractivity contribution is 6.06. The van der Waals surface area contributed by atoms with Crippen LogP contribution in [0.4, 0.5) is 0 Å². The average molecular weight is 501 g/mol. The predicted octanol–water partition coefficient (Wildman–Crippen LogP) is 2.40. The molecule has 1 saturated heterocycles. The molecule has 2 fully saturated rings. The van der Waals surface area contributed by atoms with Crippen molar-refractivity contribution >= 4 is 22.8 Å². The molecule has 3 aliphatic rings. The zero-order valence-corrected chi connectivity index (χ0v) is 20.8. The number of methoxy groups -OCH3 is 2. The Bertz CT molecular complexity index is 1470. The lowest BCUT2D eigenvalue weighted by molar-refractivity contribution is -0.140. The third-order valence-corrected chi connectivity index (χ3v) is 8.00. The number of hydrogen-bond acceptors (Lipinski definition) is 7. The largest absolute Gasteiger partial charge is 0.493 e. The molecule has 2 aromatic heterocycles. The summed E-state index contributed by atoms with van der Waals surface area (Å²) in [7, 11) is 3.17. The number of benzene rings is 1. The molecular weight excluding hydrogens is 472 g/mol. The van der Waals surface area contributed by atoms with Gasteiger partial charge < -0.3 is 9.47 Å². The second-order valence-electron chi connectivity index (χ2n) is 9.88. The van der Waals surface area contributed by atoms with E-state index in [2.05, 4.69) is 22.1 Å². The highest BCUT2D eigenvalue weighted by Crippen LogP contribution is 2.52. The molecule has 6 rings (SSSR count). The number of aromatic nitrogens is 3. The normalized spacial score (nSPS) is 23.8. The second kappa shape index (κ2) is 9.14. The maximum Gasteiger partial charge on any atom is 0.263 e. The number of carbonyl (C=O) groups is 2. The van der Waals surface area contributed by atoms with Gasteiger partial charge >= 0.3 is 0 Å². The molecule has 0 spiro atoms. The highest BCUT2D eigenvalue weighted by Gasteiger charge is 2.59. The van der Waals surface area contributed by atoms with Crippen LogP contribution in [0.3, 0.4) is 0 Å². The maximum atomic E-state index is 13.5.